The number of aryl methyl sites for hydroxylation is 1. The molecule has 3 atom stereocenters. The number of alkyl carbamates (subject to hydrolysis) is 1. The quantitative estimate of drug-likeness (QED) is 0.487. The van der Waals surface area contributed by atoms with Gasteiger partial charge in [-0.1, -0.05) is 83.1 Å². The fourth-order valence-electron chi connectivity index (χ4n) is 5.94. The van der Waals surface area contributed by atoms with Crippen LogP contribution in [0, 0.1) is 10.8 Å². The molecule has 2 aromatic carbocycles. The van der Waals surface area contributed by atoms with Gasteiger partial charge in [-0.3, -0.25) is 9.59 Å². The molecule has 1 saturated heterocycles. The van der Waals surface area contributed by atoms with Crippen LogP contribution >= 0.6 is 0 Å². The predicted molar refractivity (Wildman–Crippen MR) is 160 cm³/mol. The smallest absolute Gasteiger partial charge is 0.407 e. The van der Waals surface area contributed by atoms with Crippen LogP contribution in [0.25, 0.3) is 11.1 Å². The molecule has 3 aliphatic heterocycles. The second-order valence-electron chi connectivity index (χ2n) is 13.2. The van der Waals surface area contributed by atoms with Crippen molar-refractivity contribution in [3.63, 3.8) is 0 Å². The SMILES string of the molecule is C=NC(=O)[C@@H]1C[C@]2(OC)CN1C(=O)[C@H](C(C)(C)C)NC(=O)OCC(C)(C)CCCc1ccccc1-c1ccc2cc1. The number of nitrogens with one attached hydrogen (secondary N) is 1. The Morgan fingerprint density at radius 3 is 2.44 bits per heavy atom. The zero-order chi connectivity index (χ0) is 30.0. The van der Waals surface area contributed by atoms with Crippen molar-refractivity contribution < 1.29 is 23.9 Å². The third kappa shape index (κ3) is 6.53. The first kappa shape index (κ1) is 30.4. The molecule has 5 rings (SSSR count). The average molecular weight is 562 g/mol. The first-order valence-electron chi connectivity index (χ1n) is 14.3. The number of fused-ring (bicyclic) bond motifs is 11. The molecule has 0 aliphatic carbocycles. The summed E-state index contributed by atoms with van der Waals surface area (Å²) >= 11 is 0. The minimum atomic E-state index is -0.940. The van der Waals surface area contributed by atoms with Crippen molar-refractivity contribution in [1.29, 1.82) is 0 Å². The van der Waals surface area contributed by atoms with Crippen LogP contribution in [0.2, 0.25) is 0 Å². The summed E-state index contributed by atoms with van der Waals surface area (Å²) in [6, 6.07) is 14.7. The molecule has 1 fully saturated rings. The number of hydrogen-bond acceptors (Lipinski definition) is 5. The van der Waals surface area contributed by atoms with Crippen molar-refractivity contribution in [2.24, 2.45) is 15.8 Å². The Morgan fingerprint density at radius 1 is 1.12 bits per heavy atom. The van der Waals surface area contributed by atoms with E-state index in [1.165, 1.54) is 10.5 Å². The number of nitrogens with zero attached hydrogens (tertiary/aromatic N) is 2. The third-order valence-electron chi connectivity index (χ3n) is 8.45. The molecule has 1 N–H and O–H groups in total. The average Bonchev–Trinajstić information content (AvgIpc) is 3.35. The highest BCUT2D eigenvalue weighted by molar-refractivity contribution is 5.94. The van der Waals surface area contributed by atoms with Crippen LogP contribution in [-0.4, -0.2) is 61.9 Å². The van der Waals surface area contributed by atoms with Gasteiger partial charge in [0.15, 0.2) is 0 Å². The van der Waals surface area contributed by atoms with Crippen LogP contribution in [0.4, 0.5) is 4.79 Å². The van der Waals surface area contributed by atoms with Gasteiger partial charge in [-0.2, -0.15) is 0 Å². The molecule has 8 nitrogen and oxygen atoms in total. The highest BCUT2D eigenvalue weighted by atomic mass is 16.5. The van der Waals surface area contributed by atoms with Crippen LogP contribution in [0.3, 0.4) is 0 Å². The number of rotatable bonds is 2. The van der Waals surface area contributed by atoms with E-state index < -0.39 is 41.0 Å². The molecule has 8 heteroatoms. The lowest BCUT2D eigenvalue weighted by Crippen LogP contribution is -2.57. The maximum absolute atomic E-state index is 14.1. The Labute approximate surface area is 243 Å². The maximum atomic E-state index is 14.1. The van der Waals surface area contributed by atoms with Crippen molar-refractivity contribution in [3.05, 3.63) is 59.7 Å². The lowest BCUT2D eigenvalue weighted by atomic mass is 9.85. The van der Waals surface area contributed by atoms with E-state index in [4.69, 9.17) is 9.47 Å². The minimum absolute atomic E-state index is 0.126. The van der Waals surface area contributed by atoms with Gasteiger partial charge in [0, 0.05) is 13.5 Å². The van der Waals surface area contributed by atoms with Gasteiger partial charge < -0.3 is 19.7 Å². The molecular formula is C33H43N3O5. The van der Waals surface area contributed by atoms with Crippen molar-refractivity contribution in [1.82, 2.24) is 10.2 Å². The number of amides is 3. The first-order chi connectivity index (χ1) is 19.3. The van der Waals surface area contributed by atoms with Gasteiger partial charge >= 0.3 is 6.09 Å². The van der Waals surface area contributed by atoms with Crippen LogP contribution in [0.5, 0.6) is 0 Å². The van der Waals surface area contributed by atoms with E-state index in [0.29, 0.717) is 0 Å². The van der Waals surface area contributed by atoms with Gasteiger partial charge in [-0.25, -0.2) is 9.79 Å². The molecule has 2 aromatic rings. The summed E-state index contributed by atoms with van der Waals surface area (Å²) in [5.74, 6) is -0.903. The number of aliphatic imine (C=N–C) groups is 1. The summed E-state index contributed by atoms with van der Waals surface area (Å²) in [6.07, 6.45) is 2.25. The maximum Gasteiger partial charge on any atom is 0.407 e. The van der Waals surface area contributed by atoms with Gasteiger partial charge in [0.05, 0.1) is 13.2 Å². The number of hydrogen-bond donors (Lipinski definition) is 1. The van der Waals surface area contributed by atoms with E-state index in [1.807, 2.05) is 39.0 Å². The molecule has 3 amide bonds. The lowest BCUT2D eigenvalue weighted by Gasteiger charge is -2.35. The van der Waals surface area contributed by atoms with E-state index in [1.54, 1.807) is 7.11 Å². The Balaban J connectivity index is 1.81. The van der Waals surface area contributed by atoms with E-state index in [2.05, 4.69) is 61.2 Å². The molecule has 0 saturated carbocycles. The van der Waals surface area contributed by atoms with E-state index >= 15 is 0 Å². The van der Waals surface area contributed by atoms with Crippen molar-refractivity contribution in [2.45, 2.75) is 78.0 Å². The third-order valence-corrected chi connectivity index (χ3v) is 8.45. The first-order valence-corrected chi connectivity index (χ1v) is 14.3. The number of carbonyl (C=O) groups excluding carboxylic acids is 3. The zero-order valence-electron chi connectivity index (χ0n) is 25.2. The molecule has 0 radical (unpaired) electrons. The van der Waals surface area contributed by atoms with Crippen molar-refractivity contribution in [3.8, 4) is 11.1 Å². The number of methoxy groups -OCH3 is 1. The molecule has 3 aliphatic rings. The number of carbonyl (C=O) groups is 3. The van der Waals surface area contributed by atoms with Gasteiger partial charge in [0.1, 0.15) is 17.7 Å². The number of ether oxygens (including phenoxy) is 2. The monoisotopic (exact) mass is 561 g/mol. The molecule has 0 aromatic heterocycles. The summed E-state index contributed by atoms with van der Waals surface area (Å²) < 4.78 is 11.8. The van der Waals surface area contributed by atoms with E-state index in [9.17, 15) is 14.4 Å². The highest BCUT2D eigenvalue weighted by Gasteiger charge is 2.52. The van der Waals surface area contributed by atoms with Gasteiger partial charge in [0.25, 0.3) is 5.91 Å². The minimum Gasteiger partial charge on any atom is -0.449 e. The summed E-state index contributed by atoms with van der Waals surface area (Å²) in [6.45, 7) is 13.5. The number of benzene rings is 2. The standard InChI is InChI=1S/C33H43N3O5/c1-31(2,3)27-29(38)36-20-33(40-7,19-26(36)28(37)34-6)24-16-14-23(15-17-24)25-13-9-8-11-22(25)12-10-18-32(4,5)21-41-30(39)35-27/h8-9,11,13-17,26-27H,6,10,12,18-21H2,1-5,7H3,(H,35,39)/t26-,27+,33-/m0/s1. The molecular weight excluding hydrogens is 518 g/mol. The van der Waals surface area contributed by atoms with Crippen LogP contribution in [0.1, 0.15) is 65.0 Å². The molecule has 3 heterocycles. The zero-order valence-corrected chi connectivity index (χ0v) is 25.2. The Kier molecular flexibility index (Phi) is 8.73. The van der Waals surface area contributed by atoms with Gasteiger partial charge in [-0.15, -0.1) is 0 Å². The summed E-state index contributed by atoms with van der Waals surface area (Å²) in [5, 5.41) is 2.81. The normalized spacial score (nSPS) is 25.3. The second kappa shape index (κ2) is 11.8. The van der Waals surface area contributed by atoms with E-state index in [-0.39, 0.29) is 25.0 Å². The van der Waals surface area contributed by atoms with Crippen LogP contribution in [-0.2, 0) is 31.1 Å². The topological polar surface area (TPSA) is 97.3 Å². The van der Waals surface area contributed by atoms with Crippen molar-refractivity contribution >= 4 is 24.6 Å². The lowest BCUT2D eigenvalue weighted by molar-refractivity contribution is -0.141. The van der Waals surface area contributed by atoms with Crippen molar-refractivity contribution in [2.75, 3.05) is 20.3 Å². The summed E-state index contributed by atoms with van der Waals surface area (Å²) in [5.41, 5.74) is 2.51. The molecule has 0 spiro atoms. The molecule has 4 bridgehead atoms. The Hall–Kier alpha value is -3.52. The fraction of sp³-hybridized carbons (Fsp3) is 0.515. The molecule has 41 heavy (non-hydrogen) atoms. The second-order valence-corrected chi connectivity index (χ2v) is 13.2. The predicted octanol–water partition coefficient (Wildman–Crippen LogP) is 5.53. The highest BCUT2D eigenvalue weighted by Crippen LogP contribution is 2.41. The summed E-state index contributed by atoms with van der Waals surface area (Å²) in [4.78, 5) is 45.3. The van der Waals surface area contributed by atoms with Gasteiger partial charge in [-0.05, 0) is 59.1 Å². The largest absolute Gasteiger partial charge is 0.449 e. The van der Waals surface area contributed by atoms with Crippen LogP contribution < -0.4 is 5.32 Å². The Bertz CT molecular complexity index is 1300. The van der Waals surface area contributed by atoms with E-state index in [0.717, 1.165) is 36.0 Å². The summed E-state index contributed by atoms with van der Waals surface area (Å²) in [7, 11) is 1.59. The molecule has 0 unspecified atom stereocenters. The molecule has 220 valence electrons. The van der Waals surface area contributed by atoms with Gasteiger partial charge in [0.2, 0.25) is 5.91 Å². The fourth-order valence-corrected chi connectivity index (χ4v) is 5.94. The Morgan fingerprint density at radius 2 is 1.80 bits per heavy atom. The van der Waals surface area contributed by atoms with Crippen LogP contribution in [0.15, 0.2) is 53.5 Å².